The van der Waals surface area contributed by atoms with Gasteiger partial charge in [0.25, 0.3) is 5.91 Å². The molecule has 4 aromatic rings. The van der Waals surface area contributed by atoms with Crippen molar-refractivity contribution in [2.45, 2.75) is 16.8 Å². The Labute approximate surface area is 189 Å². The molecular formula is C25H18N4O2S. The maximum absolute atomic E-state index is 13.0. The van der Waals surface area contributed by atoms with Crippen LogP contribution in [-0.4, -0.2) is 15.9 Å². The zero-order valence-electron chi connectivity index (χ0n) is 17.1. The van der Waals surface area contributed by atoms with Crippen molar-refractivity contribution in [3.63, 3.8) is 0 Å². The van der Waals surface area contributed by atoms with E-state index in [0.717, 1.165) is 10.5 Å². The number of anilines is 1. The van der Waals surface area contributed by atoms with Crippen LogP contribution in [0, 0.1) is 18.3 Å². The van der Waals surface area contributed by atoms with Gasteiger partial charge >= 0.3 is 0 Å². The quantitative estimate of drug-likeness (QED) is 0.406. The van der Waals surface area contributed by atoms with Crippen molar-refractivity contribution >= 4 is 23.4 Å². The molecule has 0 aliphatic heterocycles. The summed E-state index contributed by atoms with van der Waals surface area (Å²) in [6.07, 6.45) is 3.24. The molecule has 1 amide bonds. The van der Waals surface area contributed by atoms with E-state index in [2.05, 4.69) is 21.4 Å². The molecular weight excluding hydrogens is 420 g/mol. The maximum Gasteiger partial charge on any atom is 0.258 e. The van der Waals surface area contributed by atoms with Crippen LogP contribution in [0.4, 0.5) is 5.69 Å². The summed E-state index contributed by atoms with van der Waals surface area (Å²) >= 11 is 1.44. The molecule has 0 fully saturated rings. The lowest BCUT2D eigenvalue weighted by Gasteiger charge is -2.12. The molecule has 2 aromatic heterocycles. The third-order valence-electron chi connectivity index (χ3n) is 4.53. The van der Waals surface area contributed by atoms with Crippen molar-refractivity contribution in [1.29, 1.82) is 5.26 Å². The predicted molar refractivity (Wildman–Crippen MR) is 123 cm³/mol. The first-order valence-electron chi connectivity index (χ1n) is 9.77. The van der Waals surface area contributed by atoms with Crippen molar-refractivity contribution in [2.75, 3.05) is 5.32 Å². The van der Waals surface area contributed by atoms with Crippen LogP contribution in [0.1, 0.15) is 21.5 Å². The van der Waals surface area contributed by atoms with Crippen LogP contribution >= 0.6 is 11.8 Å². The molecule has 32 heavy (non-hydrogen) atoms. The van der Waals surface area contributed by atoms with E-state index < -0.39 is 0 Å². The Kier molecular flexibility index (Phi) is 6.44. The molecule has 7 heteroatoms. The summed E-state index contributed by atoms with van der Waals surface area (Å²) in [5, 5.41) is 12.8. The van der Waals surface area contributed by atoms with Gasteiger partial charge in [0.15, 0.2) is 0 Å². The molecule has 0 aliphatic carbocycles. The van der Waals surface area contributed by atoms with E-state index in [9.17, 15) is 10.1 Å². The molecule has 0 aliphatic rings. The second-order valence-corrected chi connectivity index (χ2v) is 7.83. The number of nitriles is 1. The number of carbonyl (C=O) groups is 1. The van der Waals surface area contributed by atoms with Gasteiger partial charge in [-0.05, 0) is 67.1 Å². The van der Waals surface area contributed by atoms with Crippen molar-refractivity contribution < 1.29 is 9.53 Å². The monoisotopic (exact) mass is 438 g/mol. The zero-order valence-corrected chi connectivity index (χ0v) is 18.0. The first-order valence-corrected chi connectivity index (χ1v) is 10.6. The Morgan fingerprint density at radius 2 is 1.78 bits per heavy atom. The molecule has 2 heterocycles. The van der Waals surface area contributed by atoms with Gasteiger partial charge in [0.05, 0.1) is 5.56 Å². The molecule has 4 rings (SSSR count). The van der Waals surface area contributed by atoms with Crippen molar-refractivity contribution in [2.24, 2.45) is 0 Å². The predicted octanol–water partition coefficient (Wildman–Crippen LogP) is 5.85. The highest BCUT2D eigenvalue weighted by Gasteiger charge is 2.15. The Balaban J connectivity index is 1.51. The first-order chi connectivity index (χ1) is 15.6. The molecule has 0 saturated carbocycles. The summed E-state index contributed by atoms with van der Waals surface area (Å²) in [5.41, 5.74) is 2.31. The number of hydrogen-bond acceptors (Lipinski definition) is 6. The number of hydrogen-bond donors (Lipinski definition) is 1. The average molecular weight is 439 g/mol. The van der Waals surface area contributed by atoms with E-state index in [1.165, 1.54) is 11.8 Å². The third-order valence-corrected chi connectivity index (χ3v) is 5.55. The minimum Gasteiger partial charge on any atom is -0.438 e. The molecule has 0 unspecified atom stereocenters. The first kappa shape index (κ1) is 21.1. The van der Waals surface area contributed by atoms with Crippen molar-refractivity contribution in [3.05, 3.63) is 102 Å². The molecule has 0 bridgehead atoms. The highest BCUT2D eigenvalue weighted by Crippen LogP contribution is 2.30. The van der Waals surface area contributed by atoms with Gasteiger partial charge in [-0.15, -0.1) is 0 Å². The lowest BCUT2D eigenvalue weighted by molar-refractivity contribution is 0.102. The van der Waals surface area contributed by atoms with Crippen LogP contribution in [0.5, 0.6) is 11.6 Å². The van der Waals surface area contributed by atoms with Gasteiger partial charge < -0.3 is 10.1 Å². The summed E-state index contributed by atoms with van der Waals surface area (Å²) < 4.78 is 5.75. The van der Waals surface area contributed by atoms with E-state index in [-0.39, 0.29) is 11.8 Å². The Morgan fingerprint density at radius 1 is 1.00 bits per heavy atom. The second kappa shape index (κ2) is 9.77. The number of aryl methyl sites for hydroxylation is 1. The summed E-state index contributed by atoms with van der Waals surface area (Å²) in [5.74, 6) is 0.520. The Morgan fingerprint density at radius 3 is 2.56 bits per heavy atom. The largest absolute Gasteiger partial charge is 0.438 e. The smallest absolute Gasteiger partial charge is 0.258 e. The number of rotatable bonds is 6. The fourth-order valence-electron chi connectivity index (χ4n) is 2.94. The summed E-state index contributed by atoms with van der Waals surface area (Å²) in [7, 11) is 0. The summed E-state index contributed by atoms with van der Waals surface area (Å²) in [6, 6.07) is 23.9. The fraction of sp³-hybridized carbons (Fsp3) is 0.0400. The minimum absolute atomic E-state index is 0.240. The number of nitrogens with one attached hydrogen (secondary N) is 1. The third kappa shape index (κ3) is 4.94. The fourth-order valence-corrected chi connectivity index (χ4v) is 3.84. The Hall–Kier alpha value is -4.15. The molecule has 2 aromatic carbocycles. The highest BCUT2D eigenvalue weighted by molar-refractivity contribution is 7.99. The van der Waals surface area contributed by atoms with Gasteiger partial charge in [-0.2, -0.15) is 5.26 Å². The maximum atomic E-state index is 13.0. The van der Waals surface area contributed by atoms with Crippen molar-refractivity contribution in [1.82, 2.24) is 9.97 Å². The van der Waals surface area contributed by atoms with Gasteiger partial charge in [-0.25, -0.2) is 9.97 Å². The van der Waals surface area contributed by atoms with Crippen LogP contribution in [0.2, 0.25) is 0 Å². The van der Waals surface area contributed by atoms with Crippen molar-refractivity contribution in [3.8, 4) is 17.7 Å². The van der Waals surface area contributed by atoms with E-state index >= 15 is 0 Å². The number of ether oxygens (including phenoxy) is 1. The molecule has 6 nitrogen and oxygen atoms in total. The zero-order chi connectivity index (χ0) is 22.3. The van der Waals surface area contributed by atoms with E-state index in [1.54, 1.807) is 54.9 Å². The molecule has 0 radical (unpaired) electrons. The van der Waals surface area contributed by atoms with E-state index in [1.807, 2.05) is 37.3 Å². The van der Waals surface area contributed by atoms with E-state index in [0.29, 0.717) is 27.6 Å². The van der Waals surface area contributed by atoms with Crippen LogP contribution in [0.25, 0.3) is 0 Å². The van der Waals surface area contributed by atoms with E-state index in [4.69, 9.17) is 4.74 Å². The van der Waals surface area contributed by atoms with Gasteiger partial charge in [0.2, 0.25) is 5.88 Å². The molecule has 0 spiro atoms. The highest BCUT2D eigenvalue weighted by atomic mass is 32.2. The molecule has 0 atom stereocenters. The van der Waals surface area contributed by atoms with Gasteiger partial charge in [-0.3, -0.25) is 4.79 Å². The van der Waals surface area contributed by atoms with Crippen LogP contribution in [0.15, 0.2) is 95.1 Å². The number of nitrogens with zero attached hydrogens (tertiary/aromatic N) is 3. The molecule has 0 saturated heterocycles. The second-order valence-electron chi connectivity index (χ2n) is 6.77. The number of amides is 1. The minimum atomic E-state index is -0.246. The number of pyridine rings is 2. The topological polar surface area (TPSA) is 87.9 Å². The molecule has 1 N–H and O–H groups in total. The Bertz CT molecular complexity index is 1300. The van der Waals surface area contributed by atoms with Crippen LogP contribution in [-0.2, 0) is 0 Å². The lowest BCUT2D eigenvalue weighted by atomic mass is 10.1. The number of carbonyl (C=O) groups excluding carboxylic acids is 1. The standard InChI is InChI=1S/C25H18N4O2S/c1-17-15-19(31-24-18(16-26)7-5-13-27-24)11-12-22(17)29-23(30)21-10-6-14-28-25(21)32-20-8-3-2-4-9-20/h2-15H,1H3,(H,29,30). The lowest BCUT2D eigenvalue weighted by Crippen LogP contribution is -2.14. The number of benzene rings is 2. The summed E-state index contributed by atoms with van der Waals surface area (Å²) in [4.78, 5) is 22.5. The molecule has 156 valence electrons. The van der Waals surface area contributed by atoms with Gasteiger partial charge in [-0.1, -0.05) is 30.0 Å². The summed E-state index contributed by atoms with van der Waals surface area (Å²) in [6.45, 7) is 1.87. The average Bonchev–Trinajstić information content (AvgIpc) is 2.82. The normalized spacial score (nSPS) is 10.2. The van der Waals surface area contributed by atoms with Gasteiger partial charge in [0, 0.05) is 23.0 Å². The van der Waals surface area contributed by atoms with Gasteiger partial charge in [0.1, 0.15) is 22.4 Å². The SMILES string of the molecule is Cc1cc(Oc2ncccc2C#N)ccc1NC(=O)c1cccnc1Sc1ccccc1. The van der Waals surface area contributed by atoms with Crippen LogP contribution in [0.3, 0.4) is 0 Å². The number of aromatic nitrogens is 2. The van der Waals surface area contributed by atoms with Crippen LogP contribution < -0.4 is 10.1 Å².